The van der Waals surface area contributed by atoms with Crippen LogP contribution in [0.3, 0.4) is 0 Å². The van der Waals surface area contributed by atoms with E-state index in [-0.39, 0.29) is 0 Å². The lowest BCUT2D eigenvalue weighted by atomic mass is 10.0. The number of terminal acetylenes is 1. The van der Waals surface area contributed by atoms with E-state index in [9.17, 15) is 5.11 Å². The van der Waals surface area contributed by atoms with Crippen LogP contribution in [0.15, 0.2) is 12.7 Å². The minimum absolute atomic E-state index is 0.593. The largest absolute Gasteiger partial charge is 0.378 e. The Labute approximate surface area is 108 Å². The summed E-state index contributed by atoms with van der Waals surface area (Å²) < 4.78 is 22.2. The van der Waals surface area contributed by atoms with Crippen LogP contribution in [0.25, 0.3) is 0 Å². The first-order valence-electron chi connectivity index (χ1n) is 5.60. The van der Waals surface area contributed by atoms with Crippen LogP contribution in [0.1, 0.15) is 13.8 Å². The molecule has 0 bridgehead atoms. The lowest BCUT2D eigenvalue weighted by molar-refractivity contribution is -0.446. The van der Waals surface area contributed by atoms with Crippen molar-refractivity contribution in [3.8, 4) is 12.3 Å². The molecule has 0 spiro atoms. The summed E-state index contributed by atoms with van der Waals surface area (Å²) in [6, 6.07) is 0. The van der Waals surface area contributed by atoms with Gasteiger partial charge in [0.2, 0.25) is 11.6 Å². The zero-order chi connectivity index (χ0) is 14.0. The summed E-state index contributed by atoms with van der Waals surface area (Å²) in [6.07, 6.45) is 4.24. The van der Waals surface area contributed by atoms with E-state index in [2.05, 4.69) is 12.5 Å². The van der Waals surface area contributed by atoms with E-state index >= 15 is 0 Å². The zero-order valence-corrected chi connectivity index (χ0v) is 11.2. The van der Waals surface area contributed by atoms with Gasteiger partial charge in [-0.1, -0.05) is 12.0 Å². The molecule has 102 valence electrons. The Morgan fingerprint density at radius 1 is 1.33 bits per heavy atom. The van der Waals surface area contributed by atoms with Crippen LogP contribution < -0.4 is 0 Å². The maximum absolute atomic E-state index is 9.77. The average molecular weight is 256 g/mol. The molecule has 0 unspecified atom stereocenters. The highest BCUT2D eigenvalue weighted by atomic mass is 16.8. The van der Waals surface area contributed by atoms with Crippen molar-refractivity contribution in [3.63, 3.8) is 0 Å². The second-order valence-electron chi connectivity index (χ2n) is 4.31. The van der Waals surface area contributed by atoms with E-state index in [1.807, 2.05) is 0 Å². The quantitative estimate of drug-likeness (QED) is 0.592. The molecule has 0 amide bonds. The molecule has 18 heavy (non-hydrogen) atoms. The molecule has 5 atom stereocenters. The number of hydrogen-bond donors (Lipinski definition) is 1. The molecule has 5 nitrogen and oxygen atoms in total. The molecule has 1 heterocycles. The second kappa shape index (κ2) is 5.39. The molecule has 0 saturated carbocycles. The highest BCUT2D eigenvalue weighted by Crippen LogP contribution is 2.40. The minimum atomic E-state index is -1.19. The van der Waals surface area contributed by atoms with Crippen LogP contribution in [0, 0.1) is 12.3 Å². The first-order valence-corrected chi connectivity index (χ1v) is 5.60. The summed E-state index contributed by atoms with van der Waals surface area (Å²) >= 11 is 0. The number of rotatable bonds is 4. The Morgan fingerprint density at radius 3 is 2.22 bits per heavy atom. The van der Waals surface area contributed by atoms with E-state index in [4.69, 9.17) is 25.4 Å². The van der Waals surface area contributed by atoms with Gasteiger partial charge in [0.1, 0.15) is 18.3 Å². The number of methoxy groups -OCH3 is 2. The lowest BCUT2D eigenvalue weighted by Gasteiger charge is -2.51. The molecule has 0 aromatic heterocycles. The van der Waals surface area contributed by atoms with Gasteiger partial charge in [-0.15, -0.1) is 13.0 Å². The molecule has 0 aromatic carbocycles. The summed E-state index contributed by atoms with van der Waals surface area (Å²) in [5.74, 6) is -0.112. The van der Waals surface area contributed by atoms with Crippen molar-refractivity contribution in [2.75, 3.05) is 14.2 Å². The molecular formula is C13H20O5. The molecule has 1 saturated heterocycles. The first kappa shape index (κ1) is 15.2. The van der Waals surface area contributed by atoms with Gasteiger partial charge >= 0.3 is 0 Å². The van der Waals surface area contributed by atoms with E-state index in [1.165, 1.54) is 20.3 Å². The molecule has 1 N–H and O–H groups in total. The fourth-order valence-corrected chi connectivity index (χ4v) is 1.86. The predicted octanol–water partition coefficient (Wildman–Crippen LogP) is 0.676. The van der Waals surface area contributed by atoms with Gasteiger partial charge in [0.25, 0.3) is 0 Å². The number of hydrogen-bond acceptors (Lipinski definition) is 5. The Balaban J connectivity index is 3.09. The van der Waals surface area contributed by atoms with E-state index in [1.54, 1.807) is 13.8 Å². The van der Waals surface area contributed by atoms with Gasteiger partial charge in [0.05, 0.1) is 0 Å². The summed E-state index contributed by atoms with van der Waals surface area (Å²) in [5.41, 5.74) is 0. The van der Waals surface area contributed by atoms with Crippen molar-refractivity contribution < 1.29 is 24.1 Å². The van der Waals surface area contributed by atoms with Crippen LogP contribution in [0.5, 0.6) is 0 Å². The summed E-state index contributed by atoms with van der Waals surface area (Å²) in [6.45, 7) is 6.99. The summed E-state index contributed by atoms with van der Waals surface area (Å²) in [4.78, 5) is 0. The molecule has 0 radical (unpaired) electrons. The Hall–Kier alpha value is -0.900. The van der Waals surface area contributed by atoms with Crippen LogP contribution in [-0.4, -0.2) is 49.2 Å². The molecule has 0 aromatic rings. The maximum Gasteiger partial charge on any atom is 0.220 e. The Morgan fingerprint density at radius 2 is 1.83 bits per heavy atom. The zero-order valence-electron chi connectivity index (χ0n) is 11.2. The number of aliphatic hydroxyl groups is 1. The molecule has 5 heteroatoms. The first-order chi connectivity index (χ1) is 8.37. The molecular weight excluding hydrogens is 236 g/mol. The van der Waals surface area contributed by atoms with Gasteiger partial charge < -0.3 is 24.1 Å². The minimum Gasteiger partial charge on any atom is -0.378 e. The van der Waals surface area contributed by atoms with Crippen LogP contribution in [0.2, 0.25) is 0 Å². The molecule has 1 rings (SSSR count). The summed E-state index contributed by atoms with van der Waals surface area (Å²) in [5, 5.41) is 9.77. The van der Waals surface area contributed by atoms with Gasteiger partial charge in [0, 0.05) is 14.2 Å². The van der Waals surface area contributed by atoms with Gasteiger partial charge in [0.15, 0.2) is 0 Å². The average Bonchev–Trinajstić information content (AvgIpc) is 2.40. The van der Waals surface area contributed by atoms with E-state index in [0.717, 1.165) is 0 Å². The summed E-state index contributed by atoms with van der Waals surface area (Å²) in [7, 11) is 2.95. The van der Waals surface area contributed by atoms with Crippen molar-refractivity contribution in [3.05, 3.63) is 12.7 Å². The van der Waals surface area contributed by atoms with Gasteiger partial charge in [-0.05, 0) is 13.8 Å². The number of ether oxygens (including phenoxy) is 4. The van der Waals surface area contributed by atoms with Crippen molar-refractivity contribution in [2.45, 2.75) is 43.7 Å². The van der Waals surface area contributed by atoms with Gasteiger partial charge in [-0.25, -0.2) is 0 Å². The third-order valence-corrected chi connectivity index (χ3v) is 3.36. The van der Waals surface area contributed by atoms with Crippen LogP contribution in [-0.2, 0) is 18.9 Å². The Kier molecular flexibility index (Phi) is 4.54. The molecule has 1 aliphatic rings. The SMILES string of the molecule is C#C[C@H](O)[C@H]1O[C@](C)(OC)[C@@](C)(OC)O[C@@H]1C=C. The van der Waals surface area contributed by atoms with Crippen LogP contribution >= 0.6 is 0 Å². The van der Waals surface area contributed by atoms with Gasteiger partial charge in [-0.2, -0.15) is 0 Å². The fourth-order valence-electron chi connectivity index (χ4n) is 1.86. The predicted molar refractivity (Wildman–Crippen MR) is 65.6 cm³/mol. The smallest absolute Gasteiger partial charge is 0.220 e. The highest BCUT2D eigenvalue weighted by molar-refractivity contribution is 5.07. The molecule has 0 aliphatic carbocycles. The van der Waals surface area contributed by atoms with Crippen molar-refractivity contribution in [2.24, 2.45) is 0 Å². The normalized spacial score (nSPS) is 42.0. The van der Waals surface area contributed by atoms with Crippen LogP contribution in [0.4, 0.5) is 0 Å². The Bertz CT molecular complexity index is 350. The molecule has 1 fully saturated rings. The second-order valence-corrected chi connectivity index (χ2v) is 4.31. The van der Waals surface area contributed by atoms with E-state index in [0.29, 0.717) is 0 Å². The van der Waals surface area contributed by atoms with Gasteiger partial charge in [-0.3, -0.25) is 0 Å². The monoisotopic (exact) mass is 256 g/mol. The van der Waals surface area contributed by atoms with Crippen molar-refractivity contribution >= 4 is 0 Å². The topological polar surface area (TPSA) is 57.2 Å². The standard InChI is InChI=1S/C13H20O5/c1-7-9(14)11-10(8-2)17-12(3,15-5)13(4,16-6)18-11/h1,8-11,14H,2H2,3-6H3/t9-,10+,11+,12-,13-/m0/s1. The van der Waals surface area contributed by atoms with E-state index < -0.39 is 29.9 Å². The number of aliphatic hydroxyl groups excluding tert-OH is 1. The van der Waals surface area contributed by atoms with Crippen molar-refractivity contribution in [1.29, 1.82) is 0 Å². The lowest BCUT2D eigenvalue weighted by Crippen LogP contribution is -2.66. The highest BCUT2D eigenvalue weighted by Gasteiger charge is 2.57. The third kappa shape index (κ3) is 2.30. The molecule has 1 aliphatic heterocycles. The third-order valence-electron chi connectivity index (χ3n) is 3.36. The fraction of sp³-hybridized carbons (Fsp3) is 0.692. The maximum atomic E-state index is 9.77. The van der Waals surface area contributed by atoms with Crippen molar-refractivity contribution in [1.82, 2.24) is 0 Å².